The third kappa shape index (κ3) is 10.3. The quantitative estimate of drug-likeness (QED) is 0.0709. The fourth-order valence-corrected chi connectivity index (χ4v) is 5.78. The number of ketones is 1. The molecule has 3 aromatic rings. The van der Waals surface area contributed by atoms with E-state index in [0.717, 1.165) is 16.0 Å². The van der Waals surface area contributed by atoms with Crippen molar-refractivity contribution in [3.05, 3.63) is 89.5 Å². The molecule has 8 nitrogen and oxygen atoms in total. The average Bonchev–Trinajstić information content (AvgIpc) is 3.04. The Balaban J connectivity index is 2.03. The lowest BCUT2D eigenvalue weighted by molar-refractivity contribution is -0.171. The Labute approximate surface area is 266 Å². The third-order valence-corrected chi connectivity index (χ3v) is 8.26. The Hall–Kier alpha value is -2.92. The van der Waals surface area contributed by atoms with Crippen LogP contribution in [0.25, 0.3) is 0 Å². The number of methoxy groups -OCH3 is 2. The molecule has 44 heavy (non-hydrogen) atoms. The van der Waals surface area contributed by atoms with Gasteiger partial charge in [0.05, 0.1) is 25.6 Å². The second kappa shape index (κ2) is 18.8. The van der Waals surface area contributed by atoms with Gasteiger partial charge in [-0.05, 0) is 63.1 Å². The van der Waals surface area contributed by atoms with Gasteiger partial charge in [-0.3, -0.25) is 4.79 Å². The van der Waals surface area contributed by atoms with Gasteiger partial charge >= 0.3 is 0 Å². The lowest BCUT2D eigenvalue weighted by Crippen LogP contribution is -2.41. The van der Waals surface area contributed by atoms with Crippen molar-refractivity contribution in [2.24, 2.45) is 0 Å². The van der Waals surface area contributed by atoms with Crippen molar-refractivity contribution in [2.45, 2.75) is 62.8 Å². The first kappa shape index (κ1) is 35.6. The molecule has 240 valence electrons. The van der Waals surface area contributed by atoms with Crippen LogP contribution in [0.4, 0.5) is 0 Å². The summed E-state index contributed by atoms with van der Waals surface area (Å²) in [5.41, 5.74) is 0.956. The van der Waals surface area contributed by atoms with Gasteiger partial charge in [0.2, 0.25) is 0 Å². The molecule has 2 atom stereocenters. The lowest BCUT2D eigenvalue weighted by atomic mass is 9.87. The Morgan fingerprint density at radius 2 is 1.55 bits per heavy atom. The van der Waals surface area contributed by atoms with Crippen LogP contribution in [0.15, 0.2) is 77.7 Å². The van der Waals surface area contributed by atoms with E-state index in [1.807, 2.05) is 93.6 Å². The van der Waals surface area contributed by atoms with Gasteiger partial charge in [0.1, 0.15) is 24.9 Å². The number of thioether (sulfide) groups is 1. The summed E-state index contributed by atoms with van der Waals surface area (Å²) < 4.78 is 41.2. The van der Waals surface area contributed by atoms with Gasteiger partial charge in [0.25, 0.3) is 0 Å². The smallest absolute Gasteiger partial charge is 0.170 e. The monoisotopic (exact) mass is 626 g/mol. The van der Waals surface area contributed by atoms with Crippen LogP contribution < -0.4 is 9.47 Å². The molecule has 0 amide bonds. The molecule has 0 spiro atoms. The molecule has 3 aromatic carbocycles. The number of carbonyl (C=O) groups excluding carboxylic acids is 1. The van der Waals surface area contributed by atoms with Gasteiger partial charge < -0.3 is 33.2 Å². The Morgan fingerprint density at radius 1 is 0.886 bits per heavy atom. The lowest BCUT2D eigenvalue weighted by Gasteiger charge is -2.33. The highest BCUT2D eigenvalue weighted by Gasteiger charge is 2.42. The average molecular weight is 627 g/mol. The van der Waals surface area contributed by atoms with E-state index in [-0.39, 0.29) is 24.2 Å². The number of hydrogen-bond acceptors (Lipinski definition) is 9. The maximum atomic E-state index is 14.6. The maximum Gasteiger partial charge on any atom is 0.170 e. The van der Waals surface area contributed by atoms with Crippen molar-refractivity contribution >= 4 is 17.5 Å². The topological polar surface area (TPSA) is 81.7 Å². The molecular formula is C35H46O8S. The van der Waals surface area contributed by atoms with Crippen molar-refractivity contribution in [2.75, 3.05) is 47.4 Å². The summed E-state index contributed by atoms with van der Waals surface area (Å²) in [6.07, 6.45) is -0.518. The molecule has 0 aliphatic carbocycles. The summed E-state index contributed by atoms with van der Waals surface area (Å²) in [6, 6.07) is 23.5. The Bertz CT molecular complexity index is 1250. The number of carbonyl (C=O) groups is 1. The van der Waals surface area contributed by atoms with Gasteiger partial charge in [-0.15, -0.1) is 11.8 Å². The first-order valence-corrected chi connectivity index (χ1v) is 15.8. The molecule has 3 rings (SSSR count). The van der Waals surface area contributed by atoms with Crippen molar-refractivity contribution in [1.82, 2.24) is 0 Å². The van der Waals surface area contributed by atoms with Crippen molar-refractivity contribution in [1.29, 1.82) is 0 Å². The fourth-order valence-electron chi connectivity index (χ4n) is 4.61. The van der Waals surface area contributed by atoms with E-state index in [9.17, 15) is 4.79 Å². The zero-order valence-electron chi connectivity index (χ0n) is 26.7. The minimum absolute atomic E-state index is 0.0904. The van der Waals surface area contributed by atoms with E-state index in [1.54, 1.807) is 32.9 Å². The summed E-state index contributed by atoms with van der Waals surface area (Å²) in [4.78, 5) is 15.6. The predicted octanol–water partition coefficient (Wildman–Crippen LogP) is 6.95. The first-order valence-electron chi connectivity index (χ1n) is 14.9. The molecule has 0 radical (unpaired) electrons. The zero-order valence-corrected chi connectivity index (χ0v) is 27.5. The van der Waals surface area contributed by atoms with Crippen LogP contribution in [0, 0.1) is 6.92 Å². The molecule has 0 fully saturated rings. The first-order chi connectivity index (χ1) is 21.4. The number of ether oxygens (including phenoxy) is 7. The minimum atomic E-state index is -1.46. The summed E-state index contributed by atoms with van der Waals surface area (Å²) >= 11 is 1.54. The molecule has 0 saturated heterocycles. The number of hydrogen-bond donors (Lipinski definition) is 0. The molecule has 9 heteroatoms. The predicted molar refractivity (Wildman–Crippen MR) is 172 cm³/mol. The van der Waals surface area contributed by atoms with Crippen molar-refractivity contribution < 1.29 is 38.0 Å². The van der Waals surface area contributed by atoms with E-state index < -0.39 is 11.9 Å². The maximum absolute atomic E-state index is 14.6. The highest BCUT2D eigenvalue weighted by Crippen LogP contribution is 2.41. The fraction of sp³-hybridized carbons (Fsp3) is 0.457. The van der Waals surface area contributed by atoms with Crippen LogP contribution in [0.1, 0.15) is 43.9 Å². The van der Waals surface area contributed by atoms with Crippen LogP contribution in [0.5, 0.6) is 11.5 Å². The van der Waals surface area contributed by atoms with Crippen LogP contribution in [0.2, 0.25) is 0 Å². The second-order valence-electron chi connectivity index (χ2n) is 10.2. The second-order valence-corrected chi connectivity index (χ2v) is 11.5. The third-order valence-electron chi connectivity index (χ3n) is 7.03. The van der Waals surface area contributed by atoms with Gasteiger partial charge in [-0.2, -0.15) is 0 Å². The Morgan fingerprint density at radius 3 is 2.16 bits per heavy atom. The molecule has 0 saturated carbocycles. The standard InChI is InChI=1S/C35H46O8S/c1-7-40-34(41-8-2)32(44-28-17-13-10-14-18-28)23-33(36)35(4,43-25-39-20-19-37-5)29-22-30(38-6)26(3)21-31(29)42-24-27-15-11-9-12-16-27/h9-18,21-22,32,34H,7-8,19-20,23-25H2,1-6H3/t32-,35-/m0/s1. The van der Waals surface area contributed by atoms with Crippen LogP contribution >= 0.6 is 11.8 Å². The molecule has 0 unspecified atom stereocenters. The normalized spacial score (nSPS) is 13.4. The highest BCUT2D eigenvalue weighted by atomic mass is 32.2. The number of Topliss-reactive ketones (excluding diaryl/α,β-unsaturated/α-hetero) is 1. The van der Waals surface area contributed by atoms with Crippen molar-refractivity contribution in [3.63, 3.8) is 0 Å². The number of rotatable bonds is 21. The highest BCUT2D eigenvalue weighted by molar-refractivity contribution is 8.00. The Kier molecular flexibility index (Phi) is 15.2. The molecule has 0 aromatic heterocycles. The summed E-state index contributed by atoms with van der Waals surface area (Å²) in [7, 11) is 3.20. The molecular weight excluding hydrogens is 580 g/mol. The summed E-state index contributed by atoms with van der Waals surface area (Å²) in [5.74, 6) is 0.964. The summed E-state index contributed by atoms with van der Waals surface area (Å²) in [5, 5.41) is -0.358. The molecule has 0 heterocycles. The zero-order chi connectivity index (χ0) is 31.8. The number of benzene rings is 3. The van der Waals surface area contributed by atoms with Gasteiger partial charge in [-0.1, -0.05) is 48.5 Å². The van der Waals surface area contributed by atoms with E-state index in [1.165, 1.54) is 0 Å². The van der Waals surface area contributed by atoms with Crippen molar-refractivity contribution in [3.8, 4) is 11.5 Å². The SMILES string of the molecule is CCOC(OCC)[C@H](CC(=O)[C@@](C)(OCOCCOC)c1cc(OC)c(C)cc1OCc1ccccc1)Sc1ccccc1. The molecule has 0 aliphatic rings. The van der Waals surface area contributed by atoms with Crippen LogP contribution in [0.3, 0.4) is 0 Å². The molecule has 0 N–H and O–H groups in total. The van der Waals surface area contributed by atoms with Gasteiger partial charge in [0.15, 0.2) is 17.7 Å². The van der Waals surface area contributed by atoms with Gasteiger partial charge in [-0.25, -0.2) is 0 Å². The minimum Gasteiger partial charge on any atom is -0.496 e. The largest absolute Gasteiger partial charge is 0.496 e. The number of aryl methyl sites for hydroxylation is 1. The van der Waals surface area contributed by atoms with E-state index in [2.05, 4.69) is 0 Å². The van der Waals surface area contributed by atoms with Gasteiger partial charge in [0, 0.05) is 37.2 Å². The van der Waals surface area contributed by atoms with E-state index in [4.69, 9.17) is 33.2 Å². The van der Waals surface area contributed by atoms with E-state index >= 15 is 0 Å². The van der Waals surface area contributed by atoms with E-state index in [0.29, 0.717) is 50.1 Å². The van der Waals surface area contributed by atoms with Crippen LogP contribution in [-0.2, 0) is 40.7 Å². The van der Waals surface area contributed by atoms with Crippen LogP contribution in [-0.4, -0.2) is 64.8 Å². The molecule has 0 bridgehead atoms. The molecule has 0 aliphatic heterocycles. The summed E-state index contributed by atoms with van der Waals surface area (Å²) in [6.45, 7) is 9.32.